The molecule has 4 aromatic rings. The number of esters is 1. The lowest BCUT2D eigenvalue weighted by molar-refractivity contribution is -0.143. The van der Waals surface area contributed by atoms with Gasteiger partial charge in [-0.15, -0.1) is 0 Å². The number of hydrogen-bond acceptors (Lipinski definition) is 12. The Morgan fingerprint density at radius 2 is 1.78 bits per heavy atom. The standard InChI is InChI=1S/C35H44F3N9O4/c1-5-50-29(48)8-11-46-12-14-47(15-13-46)28-20-39-26(19-40-28)31-43-30-27(45(3)21-34(22-49-4)9-7-10-34)17-25(42-32(30)44-31)23-16-24(35(36,37)38)33(41-18-23)51-6-2/h16-20H,5-15,21-22H2,1-4H3,(H,42,43,44). The molecule has 51 heavy (non-hydrogen) atoms. The fourth-order valence-corrected chi connectivity index (χ4v) is 6.80. The molecule has 0 radical (unpaired) electrons. The summed E-state index contributed by atoms with van der Waals surface area (Å²) in [6, 6.07) is 2.79. The molecule has 1 saturated heterocycles. The Hall–Kier alpha value is -4.57. The number of H-pyrrole nitrogens is 1. The third kappa shape index (κ3) is 8.17. The second-order valence-corrected chi connectivity index (χ2v) is 13.1. The molecule has 1 N–H and O–H groups in total. The highest BCUT2D eigenvalue weighted by atomic mass is 19.4. The van der Waals surface area contributed by atoms with Crippen LogP contribution < -0.4 is 14.5 Å². The highest BCUT2D eigenvalue weighted by Gasteiger charge is 2.39. The lowest BCUT2D eigenvalue weighted by Gasteiger charge is -2.44. The largest absolute Gasteiger partial charge is 0.478 e. The first-order valence-electron chi connectivity index (χ1n) is 17.3. The minimum Gasteiger partial charge on any atom is -0.478 e. The number of pyridine rings is 2. The molecule has 1 saturated carbocycles. The van der Waals surface area contributed by atoms with Crippen LogP contribution in [0.15, 0.2) is 30.7 Å². The van der Waals surface area contributed by atoms with E-state index in [1.54, 1.807) is 39.4 Å². The minimum absolute atomic E-state index is 0.0278. The molecule has 5 heterocycles. The molecule has 2 fully saturated rings. The number of carbonyl (C=O) groups is 1. The average molecular weight is 712 g/mol. The van der Waals surface area contributed by atoms with Crippen LogP contribution in [0.5, 0.6) is 5.88 Å². The smallest absolute Gasteiger partial charge is 0.421 e. The Balaban J connectivity index is 1.28. The maximum absolute atomic E-state index is 14.1. The van der Waals surface area contributed by atoms with E-state index in [0.717, 1.165) is 63.0 Å². The predicted molar refractivity (Wildman–Crippen MR) is 186 cm³/mol. The van der Waals surface area contributed by atoms with Crippen LogP contribution in [0.2, 0.25) is 0 Å². The summed E-state index contributed by atoms with van der Waals surface area (Å²) < 4.78 is 58.0. The van der Waals surface area contributed by atoms with E-state index in [1.807, 2.05) is 7.05 Å². The number of anilines is 2. The Morgan fingerprint density at radius 3 is 2.41 bits per heavy atom. The normalized spacial score (nSPS) is 16.3. The summed E-state index contributed by atoms with van der Waals surface area (Å²) in [5.74, 6) is 0.504. The van der Waals surface area contributed by atoms with Gasteiger partial charge < -0.3 is 29.0 Å². The van der Waals surface area contributed by atoms with Crippen molar-refractivity contribution >= 4 is 28.6 Å². The zero-order valence-electron chi connectivity index (χ0n) is 29.4. The number of hydrogen-bond donors (Lipinski definition) is 1. The lowest BCUT2D eigenvalue weighted by Crippen LogP contribution is -2.47. The number of rotatable bonds is 14. The zero-order valence-corrected chi connectivity index (χ0v) is 29.4. The topological polar surface area (TPSA) is 135 Å². The second-order valence-electron chi connectivity index (χ2n) is 13.1. The van der Waals surface area contributed by atoms with Crippen molar-refractivity contribution in [2.75, 3.05) is 83.0 Å². The van der Waals surface area contributed by atoms with Gasteiger partial charge >= 0.3 is 12.1 Å². The monoisotopic (exact) mass is 711 g/mol. The van der Waals surface area contributed by atoms with Gasteiger partial charge in [0.1, 0.15) is 22.6 Å². The number of methoxy groups -OCH3 is 1. The number of ether oxygens (including phenoxy) is 3. The summed E-state index contributed by atoms with van der Waals surface area (Å²) in [4.78, 5) is 44.4. The summed E-state index contributed by atoms with van der Waals surface area (Å²) in [6.45, 7) is 8.84. The number of piperazine rings is 1. The maximum atomic E-state index is 14.1. The van der Waals surface area contributed by atoms with Gasteiger partial charge in [-0.05, 0) is 38.8 Å². The van der Waals surface area contributed by atoms with Crippen LogP contribution in [0, 0.1) is 5.41 Å². The van der Waals surface area contributed by atoms with Gasteiger partial charge in [-0.3, -0.25) is 9.69 Å². The maximum Gasteiger partial charge on any atom is 0.421 e. The highest BCUT2D eigenvalue weighted by Crippen LogP contribution is 2.43. The fraction of sp³-hybridized carbons (Fsp3) is 0.543. The molecule has 0 unspecified atom stereocenters. The number of alkyl halides is 3. The molecule has 1 aliphatic heterocycles. The molecule has 0 amide bonds. The number of aromatic nitrogens is 6. The van der Waals surface area contributed by atoms with Crippen molar-refractivity contribution in [1.82, 2.24) is 34.8 Å². The van der Waals surface area contributed by atoms with Gasteiger partial charge in [0.05, 0.1) is 50.0 Å². The van der Waals surface area contributed by atoms with Crippen molar-refractivity contribution in [3.63, 3.8) is 0 Å². The second kappa shape index (κ2) is 15.4. The Morgan fingerprint density at radius 1 is 1.00 bits per heavy atom. The Bertz CT molecular complexity index is 1810. The van der Waals surface area contributed by atoms with E-state index in [4.69, 9.17) is 24.2 Å². The molecule has 0 spiro atoms. The summed E-state index contributed by atoms with van der Waals surface area (Å²) in [7, 11) is 3.65. The molecule has 4 aromatic heterocycles. The number of imidazole rings is 1. The molecule has 2 aliphatic rings. The van der Waals surface area contributed by atoms with Gasteiger partial charge in [-0.25, -0.2) is 24.9 Å². The molecule has 16 heteroatoms. The van der Waals surface area contributed by atoms with Crippen LogP contribution in [0.4, 0.5) is 24.7 Å². The SMILES string of the molecule is CCOC(=O)CCN1CCN(c2cnc(-c3nc4nc(-c5cnc(OCC)c(C(F)(F)F)c5)cc(N(C)CC5(COC)CCC5)c4[nH]3)cn2)CC1. The van der Waals surface area contributed by atoms with Crippen LogP contribution in [-0.4, -0.2) is 114 Å². The van der Waals surface area contributed by atoms with Crippen LogP contribution in [0.3, 0.4) is 0 Å². The van der Waals surface area contributed by atoms with Crippen LogP contribution in [0.1, 0.15) is 45.1 Å². The summed E-state index contributed by atoms with van der Waals surface area (Å²) in [5.41, 5.74) is 1.66. The van der Waals surface area contributed by atoms with Crippen molar-refractivity contribution in [2.45, 2.75) is 45.7 Å². The quantitative estimate of drug-likeness (QED) is 0.172. The van der Waals surface area contributed by atoms with Gasteiger partial charge in [-0.1, -0.05) is 6.42 Å². The molecular weight excluding hydrogens is 667 g/mol. The lowest BCUT2D eigenvalue weighted by atomic mass is 9.69. The summed E-state index contributed by atoms with van der Waals surface area (Å²) in [5, 5.41) is 0. The van der Waals surface area contributed by atoms with Crippen molar-refractivity contribution in [1.29, 1.82) is 0 Å². The number of nitrogens with zero attached hydrogens (tertiary/aromatic N) is 8. The first-order valence-corrected chi connectivity index (χ1v) is 17.3. The number of halogens is 3. The first-order chi connectivity index (χ1) is 24.5. The van der Waals surface area contributed by atoms with Crippen molar-refractivity contribution in [2.24, 2.45) is 5.41 Å². The van der Waals surface area contributed by atoms with Gasteiger partial charge in [0.25, 0.3) is 0 Å². The highest BCUT2D eigenvalue weighted by molar-refractivity contribution is 5.91. The van der Waals surface area contributed by atoms with E-state index < -0.39 is 17.6 Å². The number of aromatic amines is 1. The van der Waals surface area contributed by atoms with Crippen molar-refractivity contribution in [3.8, 4) is 28.7 Å². The third-order valence-corrected chi connectivity index (χ3v) is 9.54. The van der Waals surface area contributed by atoms with E-state index in [2.05, 4.69) is 34.6 Å². The predicted octanol–water partition coefficient (Wildman–Crippen LogP) is 5.22. The van der Waals surface area contributed by atoms with E-state index in [9.17, 15) is 18.0 Å². The number of nitrogens with one attached hydrogen (secondary N) is 1. The molecule has 1 aliphatic carbocycles. The van der Waals surface area contributed by atoms with Crippen molar-refractivity contribution < 1.29 is 32.2 Å². The van der Waals surface area contributed by atoms with Crippen LogP contribution >= 0.6 is 0 Å². The van der Waals surface area contributed by atoms with E-state index in [-0.39, 0.29) is 23.6 Å². The summed E-state index contributed by atoms with van der Waals surface area (Å²) >= 11 is 0. The Labute approximate surface area is 294 Å². The van der Waals surface area contributed by atoms with E-state index >= 15 is 0 Å². The molecule has 6 rings (SSSR count). The van der Waals surface area contributed by atoms with Gasteiger partial charge in [-0.2, -0.15) is 13.2 Å². The Kier molecular flexibility index (Phi) is 10.9. The summed E-state index contributed by atoms with van der Waals surface area (Å²) in [6.07, 6.45) is 3.54. The van der Waals surface area contributed by atoms with E-state index in [1.165, 1.54) is 6.20 Å². The minimum atomic E-state index is -4.67. The first kappa shape index (κ1) is 36.2. The average Bonchev–Trinajstić information content (AvgIpc) is 3.54. The van der Waals surface area contributed by atoms with Gasteiger partial charge in [0, 0.05) is 70.6 Å². The van der Waals surface area contributed by atoms with Gasteiger partial charge in [0.15, 0.2) is 11.5 Å². The van der Waals surface area contributed by atoms with Gasteiger partial charge in [0.2, 0.25) is 5.88 Å². The fourth-order valence-electron chi connectivity index (χ4n) is 6.80. The molecule has 0 atom stereocenters. The van der Waals surface area contributed by atoms with Crippen LogP contribution in [0.25, 0.3) is 33.9 Å². The molecular formula is C35H44F3N9O4. The van der Waals surface area contributed by atoms with Crippen LogP contribution in [-0.2, 0) is 20.4 Å². The molecule has 13 nitrogen and oxygen atoms in total. The van der Waals surface area contributed by atoms with E-state index in [0.29, 0.717) is 61.1 Å². The molecule has 0 bridgehead atoms. The third-order valence-electron chi connectivity index (χ3n) is 9.54. The van der Waals surface area contributed by atoms with Crippen molar-refractivity contribution in [3.05, 3.63) is 36.3 Å². The molecule has 274 valence electrons. The molecule has 0 aromatic carbocycles. The zero-order chi connectivity index (χ0) is 36.2. The number of fused-ring (bicyclic) bond motifs is 1. The number of carbonyl (C=O) groups excluding carboxylic acids is 1.